The van der Waals surface area contributed by atoms with Gasteiger partial charge in [0.15, 0.2) is 9.84 Å². The normalized spacial score (nSPS) is 13.8. The fraction of sp³-hybridized carbons (Fsp3) is 0.429. The SMILES string of the molecule is CCCS(=O)(=O)CC(NC)c1cc2ccccc2o1. The number of sulfone groups is 1. The third-order valence-electron chi connectivity index (χ3n) is 3.07. The molecule has 1 atom stereocenters. The van der Waals surface area contributed by atoms with Crippen molar-refractivity contribution in [1.82, 2.24) is 5.32 Å². The summed E-state index contributed by atoms with van der Waals surface area (Å²) in [4.78, 5) is 0. The Morgan fingerprint density at radius 2 is 2.05 bits per heavy atom. The van der Waals surface area contributed by atoms with Gasteiger partial charge in [0, 0.05) is 11.1 Å². The number of hydrogen-bond acceptors (Lipinski definition) is 4. The molecule has 0 spiro atoms. The molecule has 1 unspecified atom stereocenters. The zero-order valence-corrected chi connectivity index (χ0v) is 12.0. The second-order valence-electron chi connectivity index (χ2n) is 4.64. The van der Waals surface area contributed by atoms with Crippen molar-refractivity contribution in [1.29, 1.82) is 0 Å². The van der Waals surface area contributed by atoms with E-state index in [1.165, 1.54) is 0 Å². The van der Waals surface area contributed by atoms with Crippen LogP contribution in [0.1, 0.15) is 25.1 Å². The monoisotopic (exact) mass is 281 g/mol. The molecular weight excluding hydrogens is 262 g/mol. The number of nitrogens with one attached hydrogen (secondary N) is 1. The Kier molecular flexibility index (Phi) is 4.27. The molecule has 1 aromatic heterocycles. The van der Waals surface area contributed by atoms with E-state index in [0.29, 0.717) is 12.2 Å². The quantitative estimate of drug-likeness (QED) is 0.884. The fourth-order valence-corrected chi connectivity index (χ4v) is 3.76. The average Bonchev–Trinajstić information content (AvgIpc) is 2.79. The number of rotatable bonds is 6. The van der Waals surface area contributed by atoms with Crippen molar-refractivity contribution in [3.05, 3.63) is 36.1 Å². The van der Waals surface area contributed by atoms with E-state index in [0.717, 1.165) is 11.0 Å². The van der Waals surface area contributed by atoms with Gasteiger partial charge >= 0.3 is 0 Å². The molecule has 0 bridgehead atoms. The van der Waals surface area contributed by atoms with Gasteiger partial charge in [-0.15, -0.1) is 0 Å². The first kappa shape index (κ1) is 14.1. The topological polar surface area (TPSA) is 59.3 Å². The maximum Gasteiger partial charge on any atom is 0.152 e. The van der Waals surface area contributed by atoms with Crippen molar-refractivity contribution in [2.75, 3.05) is 18.6 Å². The highest BCUT2D eigenvalue weighted by molar-refractivity contribution is 7.91. The molecule has 0 saturated carbocycles. The maximum atomic E-state index is 11.9. The Bertz CT molecular complexity index is 613. The van der Waals surface area contributed by atoms with Gasteiger partial charge in [-0.3, -0.25) is 0 Å². The van der Waals surface area contributed by atoms with Crippen LogP contribution in [0.2, 0.25) is 0 Å². The lowest BCUT2D eigenvalue weighted by Gasteiger charge is -2.13. The van der Waals surface area contributed by atoms with E-state index in [9.17, 15) is 8.42 Å². The molecule has 0 fully saturated rings. The zero-order chi connectivity index (χ0) is 13.9. The first-order chi connectivity index (χ1) is 9.05. The molecule has 0 aliphatic heterocycles. The minimum atomic E-state index is -3.05. The van der Waals surface area contributed by atoms with E-state index in [-0.39, 0.29) is 17.5 Å². The standard InChI is InChI=1S/C14H19NO3S/c1-3-8-19(16,17)10-12(15-2)14-9-11-6-4-5-7-13(11)18-14/h4-7,9,12,15H,3,8,10H2,1-2H3. The summed E-state index contributed by atoms with van der Waals surface area (Å²) in [6, 6.07) is 9.27. The minimum Gasteiger partial charge on any atom is -0.459 e. The second-order valence-corrected chi connectivity index (χ2v) is 6.87. The predicted molar refractivity (Wildman–Crippen MR) is 77.0 cm³/mol. The van der Waals surface area contributed by atoms with Crippen LogP contribution in [-0.4, -0.2) is 27.0 Å². The molecule has 0 saturated heterocycles. The van der Waals surface area contributed by atoms with Gasteiger partial charge in [0.1, 0.15) is 11.3 Å². The van der Waals surface area contributed by atoms with Gasteiger partial charge in [-0.2, -0.15) is 0 Å². The Hall–Kier alpha value is -1.33. The Balaban J connectivity index is 2.26. The third kappa shape index (κ3) is 3.36. The van der Waals surface area contributed by atoms with Gasteiger partial charge in [-0.05, 0) is 25.6 Å². The summed E-state index contributed by atoms with van der Waals surface area (Å²) in [6.07, 6.45) is 0.638. The lowest BCUT2D eigenvalue weighted by molar-refractivity contribution is 0.471. The van der Waals surface area contributed by atoms with Gasteiger partial charge in [-0.25, -0.2) is 8.42 Å². The molecule has 0 amide bonds. The van der Waals surface area contributed by atoms with Crippen LogP contribution in [0.4, 0.5) is 0 Å². The molecule has 0 radical (unpaired) electrons. The molecule has 0 aliphatic carbocycles. The van der Waals surface area contributed by atoms with Crippen molar-refractivity contribution >= 4 is 20.8 Å². The van der Waals surface area contributed by atoms with Crippen LogP contribution >= 0.6 is 0 Å². The summed E-state index contributed by atoms with van der Waals surface area (Å²) in [5.41, 5.74) is 0.783. The number of hydrogen-bond donors (Lipinski definition) is 1. The fourth-order valence-electron chi connectivity index (χ4n) is 2.13. The van der Waals surface area contributed by atoms with Crippen LogP contribution in [0.3, 0.4) is 0 Å². The van der Waals surface area contributed by atoms with Crippen molar-refractivity contribution < 1.29 is 12.8 Å². The molecule has 0 aliphatic rings. The minimum absolute atomic E-state index is 0.0666. The molecule has 5 heteroatoms. The van der Waals surface area contributed by atoms with Crippen LogP contribution in [0, 0.1) is 0 Å². The van der Waals surface area contributed by atoms with E-state index < -0.39 is 9.84 Å². The number of benzene rings is 1. The van der Waals surface area contributed by atoms with Crippen molar-refractivity contribution in [2.45, 2.75) is 19.4 Å². The Morgan fingerprint density at radius 1 is 1.32 bits per heavy atom. The van der Waals surface area contributed by atoms with Crippen LogP contribution in [0.15, 0.2) is 34.7 Å². The largest absolute Gasteiger partial charge is 0.459 e. The second kappa shape index (κ2) is 5.75. The first-order valence-corrected chi connectivity index (χ1v) is 8.24. The first-order valence-electron chi connectivity index (χ1n) is 6.42. The van der Waals surface area contributed by atoms with Gasteiger partial charge in [0.25, 0.3) is 0 Å². The maximum absolute atomic E-state index is 11.9. The predicted octanol–water partition coefficient (Wildman–Crippen LogP) is 2.52. The van der Waals surface area contributed by atoms with Crippen LogP contribution in [0.25, 0.3) is 11.0 Å². The van der Waals surface area contributed by atoms with Gasteiger partial charge in [0.2, 0.25) is 0 Å². The van der Waals surface area contributed by atoms with E-state index in [2.05, 4.69) is 5.32 Å². The van der Waals surface area contributed by atoms with Crippen molar-refractivity contribution in [2.24, 2.45) is 0 Å². The smallest absolute Gasteiger partial charge is 0.152 e. The summed E-state index contributed by atoms with van der Waals surface area (Å²) < 4.78 is 29.5. The molecule has 2 rings (SSSR count). The lowest BCUT2D eigenvalue weighted by Crippen LogP contribution is -2.26. The summed E-state index contributed by atoms with van der Waals surface area (Å²) in [5.74, 6) is 0.950. The number of furan rings is 1. The Morgan fingerprint density at radius 3 is 2.68 bits per heavy atom. The highest BCUT2D eigenvalue weighted by Gasteiger charge is 2.21. The number of para-hydroxylation sites is 1. The van der Waals surface area contributed by atoms with Crippen molar-refractivity contribution in [3.63, 3.8) is 0 Å². The lowest BCUT2D eigenvalue weighted by atomic mass is 10.2. The van der Waals surface area contributed by atoms with E-state index in [4.69, 9.17) is 4.42 Å². The molecular formula is C14H19NO3S. The molecule has 1 aromatic carbocycles. The average molecular weight is 281 g/mol. The molecule has 19 heavy (non-hydrogen) atoms. The summed E-state index contributed by atoms with van der Waals surface area (Å²) >= 11 is 0. The highest BCUT2D eigenvalue weighted by Crippen LogP contribution is 2.24. The van der Waals surface area contributed by atoms with E-state index >= 15 is 0 Å². The van der Waals surface area contributed by atoms with Gasteiger partial charge in [-0.1, -0.05) is 25.1 Å². The van der Waals surface area contributed by atoms with Gasteiger partial charge < -0.3 is 9.73 Å². The molecule has 4 nitrogen and oxygen atoms in total. The highest BCUT2D eigenvalue weighted by atomic mass is 32.2. The third-order valence-corrected chi connectivity index (χ3v) is 4.94. The molecule has 104 valence electrons. The van der Waals surface area contributed by atoms with Crippen LogP contribution in [0.5, 0.6) is 0 Å². The Labute approximate surface area is 113 Å². The van der Waals surface area contributed by atoms with Crippen LogP contribution < -0.4 is 5.32 Å². The number of fused-ring (bicyclic) bond motifs is 1. The molecule has 1 N–H and O–H groups in total. The molecule has 1 heterocycles. The summed E-state index contributed by atoms with van der Waals surface area (Å²) in [7, 11) is -1.30. The van der Waals surface area contributed by atoms with E-state index in [1.807, 2.05) is 37.3 Å². The summed E-state index contributed by atoms with van der Waals surface area (Å²) in [6.45, 7) is 1.87. The van der Waals surface area contributed by atoms with Gasteiger partial charge in [0.05, 0.1) is 11.8 Å². The summed E-state index contributed by atoms with van der Waals surface area (Å²) in [5, 5.41) is 4.01. The van der Waals surface area contributed by atoms with Crippen LogP contribution in [-0.2, 0) is 9.84 Å². The zero-order valence-electron chi connectivity index (χ0n) is 11.2. The van der Waals surface area contributed by atoms with Crippen molar-refractivity contribution in [3.8, 4) is 0 Å². The molecule has 2 aromatic rings. The van der Waals surface area contributed by atoms with E-state index in [1.54, 1.807) is 7.05 Å².